The van der Waals surface area contributed by atoms with Crippen LogP contribution < -0.4 is 10.1 Å². The summed E-state index contributed by atoms with van der Waals surface area (Å²) in [5, 5.41) is 10.5. The number of halogens is 1. The second kappa shape index (κ2) is 6.84. The molecule has 0 atom stereocenters. The van der Waals surface area contributed by atoms with Gasteiger partial charge in [-0.15, -0.1) is 10.2 Å². The first-order valence-corrected chi connectivity index (χ1v) is 7.92. The zero-order valence-corrected chi connectivity index (χ0v) is 14.6. The van der Waals surface area contributed by atoms with Crippen LogP contribution in [0.2, 0.25) is 0 Å². The predicted molar refractivity (Wildman–Crippen MR) is 93.1 cm³/mol. The normalized spacial score (nSPS) is 10.5. The Labute approximate surface area is 147 Å². The molecule has 0 radical (unpaired) electrons. The third kappa shape index (κ3) is 3.30. The van der Waals surface area contributed by atoms with Gasteiger partial charge in [0.2, 0.25) is 0 Å². The third-order valence-electron chi connectivity index (χ3n) is 3.39. The summed E-state index contributed by atoms with van der Waals surface area (Å²) in [7, 11) is 1.55. The van der Waals surface area contributed by atoms with Crippen molar-refractivity contribution in [2.75, 3.05) is 12.4 Å². The maximum atomic E-state index is 12.3. The van der Waals surface area contributed by atoms with Gasteiger partial charge >= 0.3 is 11.8 Å². The number of anilines is 1. The molecule has 0 spiro atoms. The number of ether oxygens (including phenoxy) is 1. The van der Waals surface area contributed by atoms with E-state index in [0.29, 0.717) is 17.0 Å². The Bertz CT molecular complexity index is 892. The fraction of sp³-hybridized carbons (Fsp3) is 0.118. The number of aromatic nitrogens is 2. The highest BCUT2D eigenvalue weighted by atomic mass is 79.9. The van der Waals surface area contributed by atoms with E-state index in [9.17, 15) is 4.79 Å². The lowest BCUT2D eigenvalue weighted by Crippen LogP contribution is -2.13. The van der Waals surface area contributed by atoms with Crippen LogP contribution in [0, 0.1) is 6.92 Å². The number of methoxy groups -OCH3 is 1. The lowest BCUT2D eigenvalue weighted by molar-refractivity contribution is 0.0990. The average Bonchev–Trinajstić information content (AvgIpc) is 3.07. The Balaban J connectivity index is 1.83. The van der Waals surface area contributed by atoms with Crippen molar-refractivity contribution < 1.29 is 13.9 Å². The van der Waals surface area contributed by atoms with Crippen LogP contribution in [0.15, 0.2) is 51.4 Å². The fourth-order valence-corrected chi connectivity index (χ4v) is 2.66. The molecule has 24 heavy (non-hydrogen) atoms. The molecule has 1 amide bonds. The molecule has 0 bridgehead atoms. The number of rotatable bonds is 4. The highest BCUT2D eigenvalue weighted by Gasteiger charge is 2.18. The maximum absolute atomic E-state index is 12.3. The van der Waals surface area contributed by atoms with Crippen molar-refractivity contribution in [2.45, 2.75) is 6.92 Å². The minimum atomic E-state index is -0.464. The summed E-state index contributed by atoms with van der Waals surface area (Å²) in [5.74, 6) is 0.245. The summed E-state index contributed by atoms with van der Waals surface area (Å²) < 4.78 is 11.7. The van der Waals surface area contributed by atoms with Crippen LogP contribution in [-0.2, 0) is 0 Å². The topological polar surface area (TPSA) is 77.2 Å². The predicted octanol–water partition coefficient (Wildman–Crippen LogP) is 4.07. The molecule has 1 aromatic heterocycles. The standard InChI is InChI=1S/C17H14BrN3O3/c1-10-9-11(18)7-8-13(10)19-15(22)17-21-20-16(24-17)12-5-3-4-6-14(12)23-2/h3-9H,1-2H3,(H,19,22). The van der Waals surface area contributed by atoms with Gasteiger partial charge in [0.25, 0.3) is 5.89 Å². The number of carbonyl (C=O) groups excluding carboxylic acids is 1. The molecule has 0 aliphatic heterocycles. The Morgan fingerprint density at radius 3 is 2.75 bits per heavy atom. The molecule has 2 aromatic carbocycles. The number of hydrogen-bond acceptors (Lipinski definition) is 5. The molecule has 1 heterocycles. The van der Waals surface area contributed by atoms with Crippen LogP contribution in [0.1, 0.15) is 16.2 Å². The zero-order chi connectivity index (χ0) is 17.1. The molecule has 7 heteroatoms. The SMILES string of the molecule is COc1ccccc1-c1nnc(C(=O)Nc2ccc(Br)cc2C)o1. The van der Waals surface area contributed by atoms with Gasteiger partial charge in [0.1, 0.15) is 5.75 Å². The molecule has 6 nitrogen and oxygen atoms in total. The largest absolute Gasteiger partial charge is 0.496 e. The monoisotopic (exact) mass is 387 g/mol. The van der Waals surface area contributed by atoms with Crippen LogP contribution in [0.4, 0.5) is 5.69 Å². The molecule has 0 aliphatic carbocycles. The van der Waals surface area contributed by atoms with Gasteiger partial charge in [-0.25, -0.2) is 0 Å². The Morgan fingerprint density at radius 1 is 1.21 bits per heavy atom. The van der Waals surface area contributed by atoms with Crippen LogP contribution in [0.5, 0.6) is 5.75 Å². The summed E-state index contributed by atoms with van der Waals surface area (Å²) in [6.07, 6.45) is 0. The summed E-state index contributed by atoms with van der Waals surface area (Å²) in [6.45, 7) is 1.90. The number of nitrogens with zero attached hydrogens (tertiary/aromatic N) is 2. The highest BCUT2D eigenvalue weighted by Crippen LogP contribution is 2.28. The van der Waals surface area contributed by atoms with Crippen molar-refractivity contribution in [2.24, 2.45) is 0 Å². The minimum Gasteiger partial charge on any atom is -0.496 e. The minimum absolute atomic E-state index is 0.113. The lowest BCUT2D eigenvalue weighted by Gasteiger charge is -2.06. The second-order valence-electron chi connectivity index (χ2n) is 5.03. The molecule has 0 unspecified atom stereocenters. The van der Waals surface area contributed by atoms with Gasteiger partial charge in [0, 0.05) is 10.2 Å². The zero-order valence-electron chi connectivity index (χ0n) is 13.0. The van der Waals surface area contributed by atoms with E-state index in [4.69, 9.17) is 9.15 Å². The summed E-state index contributed by atoms with van der Waals surface area (Å²) in [6, 6.07) is 12.8. The Hall–Kier alpha value is -2.67. The van der Waals surface area contributed by atoms with Crippen molar-refractivity contribution >= 4 is 27.5 Å². The van der Waals surface area contributed by atoms with E-state index in [1.54, 1.807) is 25.3 Å². The molecule has 3 aromatic rings. The molecule has 0 aliphatic rings. The second-order valence-corrected chi connectivity index (χ2v) is 5.94. The van der Waals surface area contributed by atoms with Crippen LogP contribution in [0.3, 0.4) is 0 Å². The molecule has 0 saturated heterocycles. The number of carbonyl (C=O) groups is 1. The number of para-hydroxylation sites is 1. The van der Waals surface area contributed by atoms with Gasteiger partial charge in [0.05, 0.1) is 12.7 Å². The molecule has 3 rings (SSSR count). The van der Waals surface area contributed by atoms with E-state index >= 15 is 0 Å². The highest BCUT2D eigenvalue weighted by molar-refractivity contribution is 9.10. The number of amides is 1. The Kier molecular flexibility index (Phi) is 4.61. The molecular weight excluding hydrogens is 374 g/mol. The molecular formula is C17H14BrN3O3. The first kappa shape index (κ1) is 16.2. The fourth-order valence-electron chi connectivity index (χ4n) is 2.19. The number of nitrogens with one attached hydrogen (secondary N) is 1. The van der Waals surface area contributed by atoms with Crippen LogP contribution >= 0.6 is 15.9 Å². The van der Waals surface area contributed by atoms with Crippen LogP contribution in [0.25, 0.3) is 11.5 Å². The van der Waals surface area contributed by atoms with E-state index in [1.807, 2.05) is 31.2 Å². The summed E-state index contributed by atoms with van der Waals surface area (Å²) in [5.41, 5.74) is 2.23. The number of hydrogen-bond donors (Lipinski definition) is 1. The van der Waals surface area contributed by atoms with Gasteiger partial charge in [-0.2, -0.15) is 0 Å². The van der Waals surface area contributed by atoms with Crippen molar-refractivity contribution in [3.05, 3.63) is 58.4 Å². The molecule has 0 fully saturated rings. The van der Waals surface area contributed by atoms with Gasteiger partial charge < -0.3 is 14.5 Å². The van der Waals surface area contributed by atoms with E-state index in [-0.39, 0.29) is 11.8 Å². The maximum Gasteiger partial charge on any atom is 0.313 e. The van der Waals surface area contributed by atoms with E-state index in [1.165, 1.54) is 0 Å². The first-order valence-electron chi connectivity index (χ1n) is 7.13. The van der Waals surface area contributed by atoms with Gasteiger partial charge in [0.15, 0.2) is 0 Å². The molecule has 122 valence electrons. The van der Waals surface area contributed by atoms with Gasteiger partial charge in [-0.1, -0.05) is 28.1 Å². The van der Waals surface area contributed by atoms with Gasteiger partial charge in [-0.05, 0) is 42.8 Å². The van der Waals surface area contributed by atoms with Crippen molar-refractivity contribution in [1.29, 1.82) is 0 Å². The molecule has 0 saturated carbocycles. The number of aryl methyl sites for hydroxylation is 1. The Morgan fingerprint density at radius 2 is 2.00 bits per heavy atom. The summed E-state index contributed by atoms with van der Waals surface area (Å²) >= 11 is 3.38. The average molecular weight is 388 g/mol. The summed E-state index contributed by atoms with van der Waals surface area (Å²) in [4.78, 5) is 12.3. The molecule has 1 N–H and O–H groups in total. The first-order chi connectivity index (χ1) is 11.6. The van der Waals surface area contributed by atoms with Gasteiger partial charge in [-0.3, -0.25) is 4.79 Å². The third-order valence-corrected chi connectivity index (χ3v) is 3.89. The smallest absolute Gasteiger partial charge is 0.313 e. The van der Waals surface area contributed by atoms with E-state index < -0.39 is 5.91 Å². The van der Waals surface area contributed by atoms with Crippen molar-refractivity contribution in [3.63, 3.8) is 0 Å². The number of benzene rings is 2. The lowest BCUT2D eigenvalue weighted by atomic mass is 10.2. The van der Waals surface area contributed by atoms with Crippen molar-refractivity contribution in [1.82, 2.24) is 10.2 Å². The van der Waals surface area contributed by atoms with Crippen molar-refractivity contribution in [3.8, 4) is 17.2 Å². The van der Waals surface area contributed by atoms with E-state index in [2.05, 4.69) is 31.4 Å². The quantitative estimate of drug-likeness (QED) is 0.729. The van der Waals surface area contributed by atoms with E-state index in [0.717, 1.165) is 10.0 Å². The van der Waals surface area contributed by atoms with Crippen LogP contribution in [-0.4, -0.2) is 23.2 Å².